The van der Waals surface area contributed by atoms with Crippen LogP contribution in [-0.2, 0) is 0 Å². The number of aliphatic hydroxyl groups excluding tert-OH is 1. The molecule has 6 heteroatoms. The third-order valence-electron chi connectivity index (χ3n) is 2.25. The summed E-state index contributed by atoms with van der Waals surface area (Å²) in [6.07, 6.45) is 4.58. The number of allylic oxidation sites excluding steroid dienone is 1. The van der Waals surface area contributed by atoms with E-state index in [0.29, 0.717) is 6.42 Å². The highest BCUT2D eigenvalue weighted by atomic mass is 35.5. The molecule has 0 saturated carbocycles. The summed E-state index contributed by atoms with van der Waals surface area (Å²) < 4.78 is 1.22. The van der Waals surface area contributed by atoms with Crippen LogP contribution in [-0.4, -0.2) is 21.0 Å². The van der Waals surface area contributed by atoms with Crippen molar-refractivity contribution in [2.75, 3.05) is 0 Å². The van der Waals surface area contributed by atoms with Gasteiger partial charge in [0.25, 0.3) is 5.56 Å². The molecule has 0 aliphatic heterocycles. The molecule has 0 saturated heterocycles. The van der Waals surface area contributed by atoms with E-state index < -0.39 is 11.7 Å². The van der Waals surface area contributed by atoms with Crippen LogP contribution in [0.5, 0.6) is 0 Å². The minimum Gasteiger partial charge on any atom is -0.389 e. The van der Waals surface area contributed by atoms with Crippen molar-refractivity contribution in [2.45, 2.75) is 18.6 Å². The van der Waals surface area contributed by atoms with Crippen molar-refractivity contribution in [2.24, 2.45) is 0 Å². The Morgan fingerprint density at radius 2 is 2.20 bits per heavy atom. The Balaban J connectivity index is 2.43. The average Bonchev–Trinajstić information content (AvgIpc) is 2.61. The van der Waals surface area contributed by atoms with Crippen molar-refractivity contribution in [3.8, 4) is 0 Å². The van der Waals surface area contributed by atoms with Crippen LogP contribution < -0.4 is 5.56 Å². The van der Waals surface area contributed by atoms with Crippen molar-refractivity contribution in [1.82, 2.24) is 9.78 Å². The summed E-state index contributed by atoms with van der Waals surface area (Å²) in [4.78, 5) is 11.7. The van der Waals surface area contributed by atoms with Gasteiger partial charge in [0.2, 0.25) is 0 Å². The third-order valence-corrected chi connectivity index (χ3v) is 3.00. The molecule has 80 valence electrons. The van der Waals surface area contributed by atoms with Gasteiger partial charge < -0.3 is 5.11 Å². The zero-order chi connectivity index (χ0) is 11.0. The van der Waals surface area contributed by atoms with Crippen LogP contribution in [0.25, 0.3) is 0 Å². The lowest BCUT2D eigenvalue weighted by atomic mass is 10.2. The number of rotatable bonds is 1. The second-order valence-corrected chi connectivity index (χ2v) is 4.10. The van der Waals surface area contributed by atoms with Gasteiger partial charge in [0, 0.05) is 6.42 Å². The second-order valence-electron chi connectivity index (χ2n) is 3.31. The average molecular weight is 247 g/mol. The molecule has 0 bridgehead atoms. The molecule has 0 fully saturated rings. The van der Waals surface area contributed by atoms with Crippen molar-refractivity contribution < 1.29 is 5.11 Å². The quantitative estimate of drug-likeness (QED) is 0.763. The summed E-state index contributed by atoms with van der Waals surface area (Å²) in [6.45, 7) is 0. The molecular weight excluding hydrogens is 239 g/mol. The Morgan fingerprint density at radius 1 is 1.47 bits per heavy atom. The highest BCUT2D eigenvalue weighted by Crippen LogP contribution is 2.22. The predicted octanol–water partition coefficient (Wildman–Crippen LogP) is 1.41. The van der Waals surface area contributed by atoms with Gasteiger partial charge in [-0.15, -0.1) is 0 Å². The lowest BCUT2D eigenvalue weighted by Gasteiger charge is -2.11. The fraction of sp³-hybridized carbons (Fsp3) is 0.333. The molecule has 1 aliphatic carbocycles. The van der Waals surface area contributed by atoms with E-state index in [1.165, 1.54) is 10.9 Å². The van der Waals surface area contributed by atoms with Crippen molar-refractivity contribution in [3.05, 3.63) is 38.7 Å². The van der Waals surface area contributed by atoms with Crippen molar-refractivity contribution >= 4 is 23.2 Å². The zero-order valence-electron chi connectivity index (χ0n) is 7.60. The van der Waals surface area contributed by atoms with Crippen LogP contribution in [0.4, 0.5) is 0 Å². The van der Waals surface area contributed by atoms with Crippen LogP contribution in [0.1, 0.15) is 12.5 Å². The summed E-state index contributed by atoms with van der Waals surface area (Å²) >= 11 is 11.4. The standard InChI is InChI=1S/C9H8Cl2N2O2/c10-7-4-12-13(9(15)8(7)11)5-1-2-6(14)3-5/h1-2,4-6,14H,3H2. The fourth-order valence-corrected chi connectivity index (χ4v) is 1.76. The first-order valence-electron chi connectivity index (χ1n) is 4.39. The number of hydrogen-bond donors (Lipinski definition) is 1. The van der Waals surface area contributed by atoms with Crippen LogP contribution in [0.15, 0.2) is 23.1 Å². The molecule has 2 unspecified atom stereocenters. The van der Waals surface area contributed by atoms with E-state index in [1.54, 1.807) is 12.2 Å². The molecule has 0 radical (unpaired) electrons. The van der Waals surface area contributed by atoms with Gasteiger partial charge in [-0.05, 0) is 0 Å². The Kier molecular flexibility index (Phi) is 2.82. The fourth-order valence-electron chi connectivity index (χ4n) is 1.50. The first kappa shape index (κ1) is 10.7. The van der Waals surface area contributed by atoms with Gasteiger partial charge in [0.1, 0.15) is 5.02 Å². The minimum absolute atomic E-state index is 0.0403. The van der Waals surface area contributed by atoms with Gasteiger partial charge in [0.15, 0.2) is 0 Å². The maximum atomic E-state index is 11.7. The number of aromatic nitrogens is 2. The number of halogens is 2. The SMILES string of the molecule is O=c1c(Cl)c(Cl)cnn1C1C=CC(O)C1. The van der Waals surface area contributed by atoms with Crippen molar-refractivity contribution in [1.29, 1.82) is 0 Å². The summed E-state index contributed by atoms with van der Waals surface area (Å²) in [5.41, 5.74) is -0.437. The van der Waals surface area contributed by atoms with Crippen LogP contribution >= 0.6 is 23.2 Å². The molecule has 1 aliphatic rings. The maximum Gasteiger partial charge on any atom is 0.287 e. The lowest BCUT2D eigenvalue weighted by molar-refractivity contribution is 0.207. The Labute approximate surface area is 95.7 Å². The molecule has 2 atom stereocenters. The van der Waals surface area contributed by atoms with E-state index in [1.807, 2.05) is 0 Å². The van der Waals surface area contributed by atoms with Crippen LogP contribution in [0, 0.1) is 0 Å². The highest BCUT2D eigenvalue weighted by Gasteiger charge is 2.21. The topological polar surface area (TPSA) is 55.1 Å². The first-order chi connectivity index (χ1) is 7.09. The Bertz CT molecular complexity index is 470. The molecule has 0 spiro atoms. The van der Waals surface area contributed by atoms with Crippen LogP contribution in [0.3, 0.4) is 0 Å². The summed E-state index contributed by atoms with van der Waals surface area (Å²) in [5.74, 6) is 0. The van der Waals surface area contributed by atoms with E-state index in [0.717, 1.165) is 0 Å². The largest absolute Gasteiger partial charge is 0.389 e. The molecule has 15 heavy (non-hydrogen) atoms. The molecule has 1 aromatic rings. The van der Waals surface area contributed by atoms with Gasteiger partial charge in [-0.25, -0.2) is 4.68 Å². The number of aliphatic hydroxyl groups is 1. The van der Waals surface area contributed by atoms with Gasteiger partial charge >= 0.3 is 0 Å². The zero-order valence-corrected chi connectivity index (χ0v) is 9.11. The van der Waals surface area contributed by atoms with E-state index in [2.05, 4.69) is 5.10 Å². The van der Waals surface area contributed by atoms with E-state index in [-0.39, 0.29) is 16.1 Å². The molecule has 1 N–H and O–H groups in total. The molecule has 0 amide bonds. The summed E-state index contributed by atoms with van der Waals surface area (Å²) in [5, 5.41) is 13.3. The molecule has 1 heterocycles. The van der Waals surface area contributed by atoms with Gasteiger partial charge in [-0.1, -0.05) is 35.4 Å². The predicted molar refractivity (Wildman–Crippen MR) is 57.3 cm³/mol. The molecule has 2 rings (SSSR count). The third kappa shape index (κ3) is 1.93. The molecule has 0 aromatic carbocycles. The number of nitrogens with zero attached hydrogens (tertiary/aromatic N) is 2. The van der Waals surface area contributed by atoms with Gasteiger partial charge in [0.05, 0.1) is 23.4 Å². The molecule has 4 nitrogen and oxygen atoms in total. The number of hydrogen-bond acceptors (Lipinski definition) is 3. The van der Waals surface area contributed by atoms with Crippen LogP contribution in [0.2, 0.25) is 10.0 Å². The Hall–Kier alpha value is -0.840. The lowest BCUT2D eigenvalue weighted by Crippen LogP contribution is -2.26. The Morgan fingerprint density at radius 3 is 2.80 bits per heavy atom. The van der Waals surface area contributed by atoms with Crippen molar-refractivity contribution in [3.63, 3.8) is 0 Å². The molecular formula is C9H8Cl2N2O2. The molecule has 1 aromatic heterocycles. The second kappa shape index (κ2) is 3.96. The van der Waals surface area contributed by atoms with E-state index in [9.17, 15) is 9.90 Å². The van der Waals surface area contributed by atoms with Gasteiger partial charge in [-0.3, -0.25) is 4.79 Å². The minimum atomic E-state index is -0.529. The summed E-state index contributed by atoms with van der Waals surface area (Å²) in [6, 6.07) is -0.248. The van der Waals surface area contributed by atoms with Gasteiger partial charge in [-0.2, -0.15) is 5.10 Å². The smallest absolute Gasteiger partial charge is 0.287 e. The first-order valence-corrected chi connectivity index (χ1v) is 5.14. The maximum absolute atomic E-state index is 11.7. The monoisotopic (exact) mass is 246 g/mol. The van der Waals surface area contributed by atoms with E-state index in [4.69, 9.17) is 23.2 Å². The normalized spacial score (nSPS) is 24.7. The highest BCUT2D eigenvalue weighted by molar-refractivity contribution is 6.41. The van der Waals surface area contributed by atoms with E-state index >= 15 is 0 Å². The summed E-state index contributed by atoms with van der Waals surface area (Å²) in [7, 11) is 0.